The number of nitrogens with zero attached hydrogens (tertiary/aromatic N) is 1. The van der Waals surface area contributed by atoms with Gasteiger partial charge in [-0.05, 0) is 37.4 Å². The molecule has 2 rings (SSSR count). The molecule has 1 aromatic rings. The average molecular weight is 278 g/mol. The predicted octanol–water partition coefficient (Wildman–Crippen LogP) is 2.36. The molecule has 1 aromatic carbocycles. The Balaban J connectivity index is 1.67. The number of amides is 1. The van der Waals surface area contributed by atoms with Gasteiger partial charge in [0.1, 0.15) is 5.82 Å². The normalized spacial score (nSPS) is 15.9. The first kappa shape index (κ1) is 15.0. The lowest BCUT2D eigenvalue weighted by Gasteiger charge is -2.20. The predicted molar refractivity (Wildman–Crippen MR) is 78.0 cm³/mol. The summed E-state index contributed by atoms with van der Waals surface area (Å²) >= 11 is 0. The molecule has 0 aliphatic carbocycles. The van der Waals surface area contributed by atoms with E-state index in [0.29, 0.717) is 25.1 Å². The first-order valence-electron chi connectivity index (χ1n) is 7.49. The van der Waals surface area contributed by atoms with Gasteiger partial charge in [0.25, 0.3) is 0 Å². The highest BCUT2D eigenvalue weighted by atomic mass is 19.1. The van der Waals surface area contributed by atoms with Crippen LogP contribution < -0.4 is 5.32 Å². The van der Waals surface area contributed by atoms with Crippen molar-refractivity contribution in [2.24, 2.45) is 0 Å². The Morgan fingerprint density at radius 3 is 2.55 bits per heavy atom. The summed E-state index contributed by atoms with van der Waals surface area (Å²) in [5, 5.41) is 3.12. The summed E-state index contributed by atoms with van der Waals surface area (Å²) in [7, 11) is 0. The lowest BCUT2D eigenvalue weighted by atomic mass is 10.1. The van der Waals surface area contributed by atoms with Crippen LogP contribution in [0.4, 0.5) is 4.39 Å². The van der Waals surface area contributed by atoms with Crippen LogP contribution in [0.5, 0.6) is 0 Å². The minimum atomic E-state index is -0.173. The lowest BCUT2D eigenvalue weighted by molar-refractivity contribution is -0.130. The van der Waals surface area contributed by atoms with E-state index < -0.39 is 0 Å². The van der Waals surface area contributed by atoms with Crippen LogP contribution >= 0.6 is 0 Å². The van der Waals surface area contributed by atoms with Crippen molar-refractivity contribution < 1.29 is 9.18 Å². The number of rotatable bonds is 5. The Morgan fingerprint density at radius 1 is 1.15 bits per heavy atom. The molecule has 1 N–H and O–H groups in total. The molecule has 1 amide bonds. The molecule has 0 spiro atoms. The fraction of sp³-hybridized carbons (Fsp3) is 0.562. The molecule has 1 heterocycles. The number of nitrogens with one attached hydrogen (secondary N) is 1. The summed E-state index contributed by atoms with van der Waals surface area (Å²) in [6, 6.07) is 6.78. The van der Waals surface area contributed by atoms with Crippen molar-refractivity contribution in [1.82, 2.24) is 10.2 Å². The summed E-state index contributed by atoms with van der Waals surface area (Å²) < 4.78 is 13.4. The zero-order valence-corrected chi connectivity index (χ0v) is 11.9. The molecule has 1 aliphatic heterocycles. The van der Waals surface area contributed by atoms with E-state index in [-0.39, 0.29) is 11.7 Å². The average Bonchev–Trinajstić information content (AvgIpc) is 2.74. The van der Waals surface area contributed by atoms with Crippen molar-refractivity contribution in [1.29, 1.82) is 0 Å². The van der Waals surface area contributed by atoms with Gasteiger partial charge in [0.05, 0.1) is 6.54 Å². The van der Waals surface area contributed by atoms with Crippen LogP contribution in [0.3, 0.4) is 0 Å². The molecule has 0 unspecified atom stereocenters. The summed E-state index contributed by atoms with van der Waals surface area (Å²) in [6.07, 6.45) is 5.29. The monoisotopic (exact) mass is 278 g/mol. The number of benzene rings is 1. The van der Waals surface area contributed by atoms with Crippen LogP contribution in [-0.2, 0) is 11.2 Å². The number of likely N-dealkylation sites (tertiary alicyclic amines) is 1. The topological polar surface area (TPSA) is 32.3 Å². The van der Waals surface area contributed by atoms with Crippen molar-refractivity contribution in [3.05, 3.63) is 35.6 Å². The van der Waals surface area contributed by atoms with Gasteiger partial charge >= 0.3 is 0 Å². The van der Waals surface area contributed by atoms with E-state index in [0.717, 1.165) is 25.9 Å². The van der Waals surface area contributed by atoms with Crippen molar-refractivity contribution in [3.63, 3.8) is 0 Å². The van der Waals surface area contributed by atoms with E-state index in [1.54, 1.807) is 12.1 Å². The second-order valence-corrected chi connectivity index (χ2v) is 5.31. The first-order valence-corrected chi connectivity index (χ1v) is 7.49. The van der Waals surface area contributed by atoms with Gasteiger partial charge in [-0.15, -0.1) is 0 Å². The molecule has 1 saturated heterocycles. The van der Waals surface area contributed by atoms with Crippen LogP contribution in [0.1, 0.15) is 31.2 Å². The molecule has 0 saturated carbocycles. The van der Waals surface area contributed by atoms with Gasteiger partial charge in [-0.1, -0.05) is 31.0 Å². The SMILES string of the molecule is O=C(CNCCc1ccccc1F)N1CCCCCC1. The Labute approximate surface area is 120 Å². The summed E-state index contributed by atoms with van der Waals surface area (Å²) in [5.74, 6) is -0.00595. The third kappa shape index (κ3) is 4.60. The van der Waals surface area contributed by atoms with Crippen molar-refractivity contribution in [2.75, 3.05) is 26.2 Å². The number of hydrogen-bond donors (Lipinski definition) is 1. The van der Waals surface area contributed by atoms with Crippen LogP contribution in [0, 0.1) is 5.82 Å². The number of carbonyl (C=O) groups excluding carboxylic acids is 1. The fourth-order valence-electron chi connectivity index (χ4n) is 2.55. The molecule has 1 aliphatic rings. The zero-order chi connectivity index (χ0) is 14.2. The fourth-order valence-corrected chi connectivity index (χ4v) is 2.55. The maximum Gasteiger partial charge on any atom is 0.236 e. The molecule has 20 heavy (non-hydrogen) atoms. The molecule has 110 valence electrons. The Bertz CT molecular complexity index is 428. The van der Waals surface area contributed by atoms with Crippen LogP contribution in [0.25, 0.3) is 0 Å². The third-order valence-corrected chi connectivity index (χ3v) is 3.76. The van der Waals surface area contributed by atoms with Gasteiger partial charge in [0.15, 0.2) is 0 Å². The number of halogens is 1. The van der Waals surface area contributed by atoms with Crippen LogP contribution in [0.2, 0.25) is 0 Å². The van der Waals surface area contributed by atoms with Gasteiger partial charge in [-0.3, -0.25) is 4.79 Å². The molecule has 1 fully saturated rings. The van der Waals surface area contributed by atoms with Gasteiger partial charge in [-0.2, -0.15) is 0 Å². The second kappa shape index (κ2) is 8.00. The molecule has 0 atom stereocenters. The van der Waals surface area contributed by atoms with Gasteiger partial charge in [0, 0.05) is 13.1 Å². The summed E-state index contributed by atoms with van der Waals surface area (Å²) in [4.78, 5) is 14.0. The van der Waals surface area contributed by atoms with Crippen molar-refractivity contribution >= 4 is 5.91 Å². The molecule has 4 heteroatoms. The third-order valence-electron chi connectivity index (χ3n) is 3.76. The first-order chi connectivity index (χ1) is 9.77. The van der Waals surface area contributed by atoms with E-state index in [9.17, 15) is 9.18 Å². The highest BCUT2D eigenvalue weighted by Crippen LogP contribution is 2.09. The minimum Gasteiger partial charge on any atom is -0.342 e. The second-order valence-electron chi connectivity index (χ2n) is 5.31. The summed E-state index contributed by atoms with van der Waals surface area (Å²) in [5.41, 5.74) is 0.697. The molecule has 3 nitrogen and oxygen atoms in total. The maximum atomic E-state index is 13.4. The Kier molecular flexibility index (Phi) is 5.99. The van der Waals surface area contributed by atoms with E-state index in [1.807, 2.05) is 11.0 Å². The van der Waals surface area contributed by atoms with Crippen LogP contribution in [-0.4, -0.2) is 37.0 Å². The van der Waals surface area contributed by atoms with E-state index in [4.69, 9.17) is 0 Å². The van der Waals surface area contributed by atoms with E-state index in [1.165, 1.54) is 18.9 Å². The smallest absolute Gasteiger partial charge is 0.236 e. The van der Waals surface area contributed by atoms with Crippen LogP contribution in [0.15, 0.2) is 24.3 Å². The Morgan fingerprint density at radius 2 is 1.85 bits per heavy atom. The van der Waals surface area contributed by atoms with Gasteiger partial charge in [0.2, 0.25) is 5.91 Å². The quantitative estimate of drug-likeness (QED) is 0.839. The summed E-state index contributed by atoms with van der Waals surface area (Å²) in [6.45, 7) is 2.75. The highest BCUT2D eigenvalue weighted by molar-refractivity contribution is 5.78. The highest BCUT2D eigenvalue weighted by Gasteiger charge is 2.14. The minimum absolute atomic E-state index is 0.167. The van der Waals surface area contributed by atoms with E-state index >= 15 is 0 Å². The van der Waals surface area contributed by atoms with E-state index in [2.05, 4.69) is 5.32 Å². The molecule has 0 radical (unpaired) electrons. The number of hydrogen-bond acceptors (Lipinski definition) is 2. The van der Waals surface area contributed by atoms with Crippen molar-refractivity contribution in [2.45, 2.75) is 32.1 Å². The largest absolute Gasteiger partial charge is 0.342 e. The molecular weight excluding hydrogens is 255 g/mol. The molecular formula is C16H23FN2O. The standard InChI is InChI=1S/C16H23FN2O/c17-15-8-4-3-7-14(15)9-10-18-13-16(20)19-11-5-1-2-6-12-19/h3-4,7-8,18H,1-2,5-6,9-13H2. The Hall–Kier alpha value is -1.42. The molecule has 0 aromatic heterocycles. The van der Waals surface area contributed by atoms with Crippen molar-refractivity contribution in [3.8, 4) is 0 Å². The number of carbonyl (C=O) groups is 1. The molecule has 0 bridgehead atoms. The van der Waals surface area contributed by atoms with Gasteiger partial charge < -0.3 is 10.2 Å². The van der Waals surface area contributed by atoms with Gasteiger partial charge in [-0.25, -0.2) is 4.39 Å². The lowest BCUT2D eigenvalue weighted by Crippen LogP contribution is -2.39. The zero-order valence-electron chi connectivity index (χ0n) is 11.9. The maximum absolute atomic E-state index is 13.4.